The molecule has 0 atom stereocenters. The van der Waals surface area contributed by atoms with E-state index in [1.165, 1.54) is 5.56 Å². The number of carbonyl (C=O) groups excluding carboxylic acids is 2. The lowest BCUT2D eigenvalue weighted by atomic mass is 9.87. The summed E-state index contributed by atoms with van der Waals surface area (Å²) in [6.07, 6.45) is 1.15. The van der Waals surface area contributed by atoms with Crippen LogP contribution >= 0.6 is 0 Å². The van der Waals surface area contributed by atoms with E-state index in [0.717, 1.165) is 17.0 Å². The van der Waals surface area contributed by atoms with E-state index in [2.05, 4.69) is 43.5 Å². The van der Waals surface area contributed by atoms with Crippen LogP contribution in [0.2, 0.25) is 0 Å². The highest BCUT2D eigenvalue weighted by Gasteiger charge is 2.15. The second kappa shape index (κ2) is 8.99. The number of amides is 2. The smallest absolute Gasteiger partial charge is 0.258 e. The fourth-order valence-corrected chi connectivity index (χ4v) is 3.06. The Morgan fingerprint density at radius 3 is 2.48 bits per heavy atom. The lowest BCUT2D eigenvalue weighted by Gasteiger charge is -2.19. The summed E-state index contributed by atoms with van der Waals surface area (Å²) < 4.78 is 11.2. The van der Waals surface area contributed by atoms with Crippen LogP contribution in [0.4, 0.5) is 5.69 Å². The summed E-state index contributed by atoms with van der Waals surface area (Å²) >= 11 is 0. The first-order valence-electron chi connectivity index (χ1n) is 9.87. The maximum absolute atomic E-state index is 12.0. The van der Waals surface area contributed by atoms with Gasteiger partial charge in [-0.25, -0.2) is 0 Å². The molecule has 3 rings (SSSR count). The minimum atomic E-state index is -0.206. The SMILES string of the molecule is CC(C)(C)c1ccc(OCCNC(=O)COc2ccc3c(c2)CCC(=O)N3)cc1. The molecule has 2 N–H and O–H groups in total. The van der Waals surface area contributed by atoms with Gasteiger partial charge in [-0.1, -0.05) is 32.9 Å². The van der Waals surface area contributed by atoms with Crippen LogP contribution in [-0.4, -0.2) is 31.6 Å². The molecule has 2 aromatic carbocycles. The predicted octanol–water partition coefficient (Wildman–Crippen LogP) is 3.44. The van der Waals surface area contributed by atoms with Crippen molar-refractivity contribution in [3.63, 3.8) is 0 Å². The lowest BCUT2D eigenvalue weighted by molar-refractivity contribution is -0.123. The molecule has 1 aliphatic rings. The normalized spacial score (nSPS) is 13.3. The van der Waals surface area contributed by atoms with Gasteiger partial charge in [0.1, 0.15) is 18.1 Å². The number of anilines is 1. The second-order valence-electron chi connectivity index (χ2n) is 8.13. The Morgan fingerprint density at radius 2 is 1.76 bits per heavy atom. The third-order valence-electron chi connectivity index (χ3n) is 4.76. The molecular formula is C23H28N2O4. The van der Waals surface area contributed by atoms with E-state index in [4.69, 9.17) is 9.47 Å². The zero-order valence-electron chi connectivity index (χ0n) is 17.2. The molecular weight excluding hydrogens is 368 g/mol. The van der Waals surface area contributed by atoms with Crippen LogP contribution in [0.1, 0.15) is 38.3 Å². The van der Waals surface area contributed by atoms with Gasteiger partial charge in [-0.3, -0.25) is 9.59 Å². The van der Waals surface area contributed by atoms with Gasteiger partial charge in [0.2, 0.25) is 5.91 Å². The molecule has 0 unspecified atom stereocenters. The quantitative estimate of drug-likeness (QED) is 0.703. The summed E-state index contributed by atoms with van der Waals surface area (Å²) in [5, 5.41) is 5.60. The Hall–Kier alpha value is -3.02. The highest BCUT2D eigenvalue weighted by molar-refractivity contribution is 5.94. The van der Waals surface area contributed by atoms with Gasteiger partial charge in [-0.2, -0.15) is 0 Å². The molecule has 0 saturated carbocycles. The summed E-state index contributed by atoms with van der Waals surface area (Å²) in [6.45, 7) is 7.23. The van der Waals surface area contributed by atoms with Crippen LogP contribution in [0, 0.1) is 0 Å². The first-order chi connectivity index (χ1) is 13.8. The molecule has 2 aromatic rings. The van der Waals surface area contributed by atoms with Crippen LogP contribution in [0.3, 0.4) is 0 Å². The first-order valence-corrected chi connectivity index (χ1v) is 9.87. The van der Waals surface area contributed by atoms with Gasteiger partial charge in [-0.15, -0.1) is 0 Å². The van der Waals surface area contributed by atoms with E-state index < -0.39 is 0 Å². The van der Waals surface area contributed by atoms with Crippen molar-refractivity contribution in [1.82, 2.24) is 5.32 Å². The van der Waals surface area contributed by atoms with Crippen molar-refractivity contribution in [2.24, 2.45) is 0 Å². The van der Waals surface area contributed by atoms with Gasteiger partial charge in [-0.05, 0) is 53.3 Å². The van der Waals surface area contributed by atoms with Crippen LogP contribution < -0.4 is 20.1 Å². The molecule has 154 valence electrons. The van der Waals surface area contributed by atoms with E-state index >= 15 is 0 Å². The van der Waals surface area contributed by atoms with Crippen molar-refractivity contribution in [3.8, 4) is 11.5 Å². The number of hydrogen-bond acceptors (Lipinski definition) is 4. The van der Waals surface area contributed by atoms with Gasteiger partial charge >= 0.3 is 0 Å². The number of hydrogen-bond donors (Lipinski definition) is 2. The second-order valence-corrected chi connectivity index (χ2v) is 8.13. The molecule has 1 heterocycles. The molecule has 1 aliphatic heterocycles. The Bertz CT molecular complexity index is 869. The zero-order valence-corrected chi connectivity index (χ0v) is 17.2. The molecule has 0 aliphatic carbocycles. The first kappa shape index (κ1) is 20.7. The average molecular weight is 396 g/mol. The number of fused-ring (bicyclic) bond motifs is 1. The van der Waals surface area contributed by atoms with Gasteiger partial charge in [0.05, 0.1) is 6.54 Å². The van der Waals surface area contributed by atoms with Crippen molar-refractivity contribution in [3.05, 3.63) is 53.6 Å². The predicted molar refractivity (Wildman–Crippen MR) is 113 cm³/mol. The van der Waals surface area contributed by atoms with Crippen molar-refractivity contribution in [2.75, 3.05) is 25.1 Å². The van der Waals surface area contributed by atoms with Crippen LogP contribution in [0.15, 0.2) is 42.5 Å². The van der Waals surface area contributed by atoms with E-state index in [1.54, 1.807) is 12.1 Å². The number of rotatable bonds is 7. The maximum atomic E-state index is 12.0. The van der Waals surface area contributed by atoms with Crippen LogP contribution in [0.25, 0.3) is 0 Å². The van der Waals surface area contributed by atoms with Crippen molar-refractivity contribution in [2.45, 2.75) is 39.0 Å². The van der Waals surface area contributed by atoms with Crippen LogP contribution in [-0.2, 0) is 21.4 Å². The van der Waals surface area contributed by atoms with Gasteiger partial charge in [0.25, 0.3) is 5.91 Å². The number of aryl methyl sites for hydroxylation is 1. The van der Waals surface area contributed by atoms with E-state index in [1.807, 2.05) is 18.2 Å². The molecule has 2 amide bonds. The highest BCUT2D eigenvalue weighted by Crippen LogP contribution is 2.27. The molecule has 0 aromatic heterocycles. The summed E-state index contributed by atoms with van der Waals surface area (Å²) in [7, 11) is 0. The van der Waals surface area contributed by atoms with Gasteiger partial charge in [0, 0.05) is 12.1 Å². The number of ether oxygens (including phenoxy) is 2. The van der Waals surface area contributed by atoms with Crippen LogP contribution in [0.5, 0.6) is 11.5 Å². The lowest BCUT2D eigenvalue weighted by Crippen LogP contribution is -2.32. The maximum Gasteiger partial charge on any atom is 0.258 e. The van der Waals surface area contributed by atoms with Crippen molar-refractivity contribution < 1.29 is 19.1 Å². The van der Waals surface area contributed by atoms with Gasteiger partial charge < -0.3 is 20.1 Å². The third-order valence-corrected chi connectivity index (χ3v) is 4.76. The largest absolute Gasteiger partial charge is 0.492 e. The third kappa shape index (κ3) is 5.98. The molecule has 6 nitrogen and oxygen atoms in total. The number of carbonyl (C=O) groups is 2. The topological polar surface area (TPSA) is 76.7 Å². The minimum absolute atomic E-state index is 0.0258. The Kier molecular flexibility index (Phi) is 6.42. The summed E-state index contributed by atoms with van der Waals surface area (Å²) in [4.78, 5) is 23.4. The van der Waals surface area contributed by atoms with Crippen molar-refractivity contribution in [1.29, 1.82) is 0 Å². The Labute approximate surface area is 171 Å². The number of benzene rings is 2. The molecule has 0 radical (unpaired) electrons. The fourth-order valence-electron chi connectivity index (χ4n) is 3.06. The molecule has 0 saturated heterocycles. The molecule has 0 bridgehead atoms. The van der Waals surface area contributed by atoms with E-state index in [9.17, 15) is 9.59 Å². The average Bonchev–Trinajstić information content (AvgIpc) is 2.69. The fraction of sp³-hybridized carbons (Fsp3) is 0.391. The molecule has 6 heteroatoms. The Morgan fingerprint density at radius 1 is 1.03 bits per heavy atom. The Balaban J connectivity index is 1.37. The van der Waals surface area contributed by atoms with E-state index in [0.29, 0.717) is 31.7 Å². The van der Waals surface area contributed by atoms with E-state index in [-0.39, 0.29) is 23.8 Å². The molecule has 0 fully saturated rings. The minimum Gasteiger partial charge on any atom is -0.492 e. The molecule has 29 heavy (non-hydrogen) atoms. The molecule has 0 spiro atoms. The monoisotopic (exact) mass is 396 g/mol. The highest BCUT2D eigenvalue weighted by atomic mass is 16.5. The zero-order chi connectivity index (χ0) is 20.9. The summed E-state index contributed by atoms with van der Waals surface area (Å²) in [5.74, 6) is 1.22. The summed E-state index contributed by atoms with van der Waals surface area (Å²) in [5.41, 5.74) is 3.19. The van der Waals surface area contributed by atoms with Gasteiger partial charge in [0.15, 0.2) is 6.61 Å². The number of nitrogens with one attached hydrogen (secondary N) is 2. The summed E-state index contributed by atoms with van der Waals surface area (Å²) in [6, 6.07) is 13.4. The standard InChI is InChI=1S/C23H28N2O4/c1-23(2,3)17-5-7-18(8-6-17)28-13-12-24-22(27)15-29-19-9-10-20-16(14-19)4-11-21(26)25-20/h5-10,14H,4,11-13,15H2,1-3H3,(H,24,27)(H,25,26). The van der Waals surface area contributed by atoms with Crippen molar-refractivity contribution >= 4 is 17.5 Å².